The van der Waals surface area contributed by atoms with Crippen LogP contribution in [0, 0.1) is 6.92 Å². The monoisotopic (exact) mass is 487 g/mol. The van der Waals surface area contributed by atoms with Crippen LogP contribution in [0.1, 0.15) is 5.56 Å². The molecular weight excluding hydrogens is 470 g/mol. The Morgan fingerprint density at radius 2 is 1.55 bits per heavy atom. The molecule has 0 saturated heterocycles. The van der Waals surface area contributed by atoms with Crippen molar-refractivity contribution in [3.05, 3.63) is 60.2 Å². The minimum absolute atomic E-state index is 0.0566. The van der Waals surface area contributed by atoms with E-state index in [-0.39, 0.29) is 27.9 Å². The number of nitrogens with zero attached hydrogens (tertiary/aromatic N) is 2. The van der Waals surface area contributed by atoms with Gasteiger partial charge >= 0.3 is 0 Å². The van der Waals surface area contributed by atoms with Gasteiger partial charge in [0.05, 0.1) is 0 Å². The van der Waals surface area contributed by atoms with Gasteiger partial charge in [-0.05, 0) is 48.2 Å². The smallest absolute Gasteiger partial charge is 0.297 e. The fraction of sp³-hybridized carbons (Fsp3) is 0.0476. The standard InChI is InChI=1S/C21H17N3O7S2/c1-11-9-12-5-6-13(22)10-16(12)20(25)19(11)24-23-17-8-7-14-15(21(17)33(29,30)31)3-2-4-18(14)32(26,27)28/h2-10,25H,22H2,1H3,(H,26,27,28)(H,29,30,31). The fourth-order valence-electron chi connectivity index (χ4n) is 3.62. The summed E-state index contributed by atoms with van der Waals surface area (Å²) in [6.07, 6.45) is 0. The Balaban J connectivity index is 1.97. The Morgan fingerprint density at radius 3 is 2.21 bits per heavy atom. The molecule has 4 aromatic rings. The maximum atomic E-state index is 12.2. The van der Waals surface area contributed by atoms with E-state index in [0.717, 1.165) is 12.1 Å². The summed E-state index contributed by atoms with van der Waals surface area (Å²) in [4.78, 5) is -1.23. The van der Waals surface area contributed by atoms with Crippen molar-refractivity contribution in [1.29, 1.82) is 0 Å². The molecule has 0 radical (unpaired) electrons. The second kappa shape index (κ2) is 7.78. The van der Waals surface area contributed by atoms with E-state index in [1.807, 2.05) is 0 Å². The number of phenols is 1. The quantitative estimate of drug-likeness (QED) is 0.184. The number of aromatic hydroxyl groups is 1. The zero-order valence-electron chi connectivity index (χ0n) is 17.0. The van der Waals surface area contributed by atoms with Crippen LogP contribution in [-0.2, 0) is 20.2 Å². The van der Waals surface area contributed by atoms with Gasteiger partial charge in [0.25, 0.3) is 20.2 Å². The Morgan fingerprint density at radius 1 is 0.818 bits per heavy atom. The van der Waals surface area contributed by atoms with Gasteiger partial charge in [-0.15, -0.1) is 10.2 Å². The summed E-state index contributed by atoms with van der Waals surface area (Å²) in [5.41, 5.74) is 6.50. The molecule has 0 aromatic heterocycles. The first kappa shape index (κ1) is 22.6. The first-order chi connectivity index (χ1) is 15.4. The van der Waals surface area contributed by atoms with Crippen molar-refractivity contribution in [3.8, 4) is 5.75 Å². The van der Waals surface area contributed by atoms with Crippen LogP contribution < -0.4 is 5.73 Å². The highest BCUT2D eigenvalue weighted by Crippen LogP contribution is 2.41. The minimum atomic E-state index is -4.90. The number of hydrogen-bond donors (Lipinski definition) is 4. The van der Waals surface area contributed by atoms with Gasteiger partial charge in [-0.2, -0.15) is 16.8 Å². The van der Waals surface area contributed by atoms with Crippen LogP contribution in [0.5, 0.6) is 5.75 Å². The van der Waals surface area contributed by atoms with E-state index >= 15 is 0 Å². The lowest BCUT2D eigenvalue weighted by molar-refractivity contribution is 0.481. The zero-order valence-corrected chi connectivity index (χ0v) is 18.6. The molecule has 0 bridgehead atoms. The summed E-state index contributed by atoms with van der Waals surface area (Å²) in [6, 6.07) is 12.6. The molecule has 0 unspecified atom stereocenters. The summed E-state index contributed by atoms with van der Waals surface area (Å²) >= 11 is 0. The number of benzene rings is 4. The van der Waals surface area contributed by atoms with Crippen molar-refractivity contribution in [2.24, 2.45) is 10.2 Å². The third-order valence-electron chi connectivity index (χ3n) is 5.05. The summed E-state index contributed by atoms with van der Waals surface area (Å²) < 4.78 is 67.0. The number of nitrogen functional groups attached to an aromatic ring is 1. The molecule has 0 heterocycles. The van der Waals surface area contributed by atoms with Gasteiger partial charge in [0, 0.05) is 21.8 Å². The second-order valence-corrected chi connectivity index (χ2v) is 10.0. The number of phenolic OH excluding ortho intramolecular Hbond substituents is 1. The number of fused-ring (bicyclic) bond motifs is 2. The molecule has 0 atom stereocenters. The minimum Gasteiger partial charge on any atom is -0.505 e. The number of aryl methyl sites for hydroxylation is 1. The van der Waals surface area contributed by atoms with E-state index in [2.05, 4.69) is 10.2 Å². The van der Waals surface area contributed by atoms with Crippen molar-refractivity contribution < 1.29 is 31.0 Å². The molecule has 4 rings (SSSR count). The van der Waals surface area contributed by atoms with Crippen molar-refractivity contribution in [2.75, 3.05) is 5.73 Å². The maximum absolute atomic E-state index is 12.2. The van der Waals surface area contributed by atoms with Crippen LogP contribution in [0.4, 0.5) is 17.1 Å². The SMILES string of the molecule is Cc1cc2ccc(N)cc2c(O)c1N=Nc1ccc2c(S(=O)(=O)O)cccc2c1S(=O)(=O)O. The highest BCUT2D eigenvalue weighted by Gasteiger charge is 2.23. The van der Waals surface area contributed by atoms with Gasteiger partial charge in [0.2, 0.25) is 0 Å². The molecule has 0 aliphatic carbocycles. The Hall–Kier alpha value is -3.58. The first-order valence-electron chi connectivity index (χ1n) is 9.32. The van der Waals surface area contributed by atoms with E-state index < -0.39 is 30.0 Å². The van der Waals surface area contributed by atoms with E-state index in [9.17, 15) is 31.0 Å². The van der Waals surface area contributed by atoms with E-state index in [1.54, 1.807) is 31.2 Å². The zero-order chi connectivity index (χ0) is 24.1. The van der Waals surface area contributed by atoms with Crippen LogP contribution in [0.3, 0.4) is 0 Å². The molecule has 12 heteroatoms. The number of azo groups is 1. The normalized spacial score (nSPS) is 12.7. The molecule has 0 fully saturated rings. The van der Waals surface area contributed by atoms with Gasteiger partial charge in [0.1, 0.15) is 21.2 Å². The Bertz CT molecular complexity index is 1700. The second-order valence-electron chi connectivity index (χ2n) is 7.29. The number of nitrogens with two attached hydrogens (primary N) is 1. The summed E-state index contributed by atoms with van der Waals surface area (Å²) in [5, 5.41) is 19.4. The highest BCUT2D eigenvalue weighted by molar-refractivity contribution is 7.86. The van der Waals surface area contributed by atoms with Crippen molar-refractivity contribution in [1.82, 2.24) is 0 Å². The van der Waals surface area contributed by atoms with Gasteiger partial charge in [-0.1, -0.05) is 24.3 Å². The molecule has 0 aliphatic heterocycles. The predicted molar refractivity (Wildman–Crippen MR) is 123 cm³/mol. The number of hydrogen-bond acceptors (Lipinski definition) is 8. The molecule has 5 N–H and O–H groups in total. The van der Waals surface area contributed by atoms with Crippen molar-refractivity contribution in [2.45, 2.75) is 16.7 Å². The molecule has 0 saturated carbocycles. The lowest BCUT2D eigenvalue weighted by atomic mass is 10.0. The van der Waals surface area contributed by atoms with E-state index in [0.29, 0.717) is 22.0 Å². The first-order valence-corrected chi connectivity index (χ1v) is 12.2. The Kier molecular flexibility index (Phi) is 5.33. The maximum Gasteiger partial charge on any atom is 0.297 e. The van der Waals surface area contributed by atoms with Crippen molar-refractivity contribution in [3.63, 3.8) is 0 Å². The van der Waals surface area contributed by atoms with Gasteiger partial charge in [-0.25, -0.2) is 0 Å². The molecule has 0 spiro atoms. The lowest BCUT2D eigenvalue weighted by Gasteiger charge is -2.10. The van der Waals surface area contributed by atoms with Gasteiger partial charge < -0.3 is 10.8 Å². The average Bonchev–Trinajstić information content (AvgIpc) is 2.71. The lowest BCUT2D eigenvalue weighted by Crippen LogP contribution is -2.03. The fourth-order valence-corrected chi connectivity index (χ4v) is 5.15. The van der Waals surface area contributed by atoms with Crippen molar-refractivity contribution >= 4 is 58.8 Å². The van der Waals surface area contributed by atoms with Crippen LogP contribution in [0.25, 0.3) is 21.5 Å². The largest absolute Gasteiger partial charge is 0.505 e. The third-order valence-corrected chi connectivity index (χ3v) is 6.90. The molecule has 33 heavy (non-hydrogen) atoms. The topological polar surface area (TPSA) is 180 Å². The molecule has 0 aliphatic rings. The van der Waals surface area contributed by atoms with E-state index in [1.165, 1.54) is 18.2 Å². The predicted octanol–water partition coefficient (Wildman–Crippen LogP) is 4.50. The Labute approximate surface area is 188 Å². The highest BCUT2D eigenvalue weighted by atomic mass is 32.2. The van der Waals surface area contributed by atoms with Crippen LogP contribution in [0.15, 0.2) is 74.6 Å². The average molecular weight is 488 g/mol. The molecular formula is C21H17N3O7S2. The molecule has 170 valence electrons. The molecule has 0 amide bonds. The van der Waals surface area contributed by atoms with Gasteiger partial charge in [-0.3, -0.25) is 9.11 Å². The number of rotatable bonds is 4. The van der Waals surface area contributed by atoms with Crippen LogP contribution in [0.2, 0.25) is 0 Å². The van der Waals surface area contributed by atoms with Gasteiger partial charge in [0.15, 0.2) is 5.75 Å². The van der Waals surface area contributed by atoms with Crippen LogP contribution >= 0.6 is 0 Å². The van der Waals surface area contributed by atoms with E-state index in [4.69, 9.17) is 5.73 Å². The molecule has 10 nitrogen and oxygen atoms in total. The summed E-state index contributed by atoms with van der Waals surface area (Å²) in [7, 11) is -9.57. The summed E-state index contributed by atoms with van der Waals surface area (Å²) in [6.45, 7) is 1.67. The van der Waals surface area contributed by atoms with Crippen LogP contribution in [-0.4, -0.2) is 31.0 Å². The third kappa shape index (κ3) is 4.12. The molecule has 4 aromatic carbocycles. The number of anilines is 1. The summed E-state index contributed by atoms with van der Waals surface area (Å²) in [5.74, 6) is -0.219.